The molecule has 2 aliphatic rings. The highest BCUT2D eigenvalue weighted by Crippen LogP contribution is 2.44. The number of anilines is 1. The van der Waals surface area contributed by atoms with E-state index in [-0.39, 0.29) is 5.41 Å². The van der Waals surface area contributed by atoms with Crippen LogP contribution in [0.5, 0.6) is 0 Å². The molecule has 5 heteroatoms. The Labute approximate surface area is 147 Å². The summed E-state index contributed by atoms with van der Waals surface area (Å²) in [6.07, 6.45) is 10.9. The Kier molecular flexibility index (Phi) is 3.33. The quantitative estimate of drug-likeness (QED) is 0.688. The van der Waals surface area contributed by atoms with Crippen LogP contribution in [0.1, 0.15) is 29.8 Å². The van der Waals surface area contributed by atoms with Crippen LogP contribution in [0.25, 0.3) is 0 Å². The standard InChI is InChI=1S/C20H21N5/c1-2-5-17-16(4-1)6-12-24-15-11-21-18(24)20(17)7-13-25(14-8-20)19-22-9-3-10-23-19/h1-5,9-11,15H,6-8,12-14H2. The zero-order valence-corrected chi connectivity index (χ0v) is 14.2. The zero-order valence-electron chi connectivity index (χ0n) is 14.2. The highest BCUT2D eigenvalue weighted by atomic mass is 15.3. The number of hydrogen-bond donors (Lipinski definition) is 0. The molecule has 0 unspecified atom stereocenters. The Balaban J connectivity index is 1.56. The van der Waals surface area contributed by atoms with E-state index in [4.69, 9.17) is 4.98 Å². The van der Waals surface area contributed by atoms with E-state index in [0.717, 1.165) is 44.8 Å². The van der Waals surface area contributed by atoms with Gasteiger partial charge >= 0.3 is 0 Å². The third kappa shape index (κ3) is 2.26. The van der Waals surface area contributed by atoms with Gasteiger partial charge in [0.1, 0.15) is 5.82 Å². The maximum atomic E-state index is 4.80. The first-order valence-corrected chi connectivity index (χ1v) is 8.99. The van der Waals surface area contributed by atoms with Crippen molar-refractivity contribution in [3.05, 3.63) is 72.1 Å². The highest BCUT2D eigenvalue weighted by molar-refractivity contribution is 5.44. The molecule has 126 valence electrons. The predicted molar refractivity (Wildman–Crippen MR) is 96.6 cm³/mol. The molecule has 2 aromatic heterocycles. The van der Waals surface area contributed by atoms with Gasteiger partial charge in [-0.15, -0.1) is 0 Å². The fraction of sp³-hybridized carbons (Fsp3) is 0.350. The molecule has 1 saturated heterocycles. The van der Waals surface area contributed by atoms with Crippen molar-refractivity contribution < 1.29 is 0 Å². The minimum atomic E-state index is 0.00186. The molecular formula is C20H21N5. The average Bonchev–Trinajstić information content (AvgIpc) is 3.12. The third-order valence-electron chi connectivity index (χ3n) is 5.75. The SMILES string of the molecule is c1cnc(N2CCC3(CC2)c2ccccc2CCn2ccnc23)nc1. The maximum Gasteiger partial charge on any atom is 0.225 e. The predicted octanol–water partition coefficient (Wildman–Crippen LogP) is 2.82. The molecule has 2 aliphatic heterocycles. The van der Waals surface area contributed by atoms with Gasteiger partial charge in [-0.1, -0.05) is 24.3 Å². The number of aromatic nitrogens is 4. The first-order valence-electron chi connectivity index (χ1n) is 8.99. The number of hydrogen-bond acceptors (Lipinski definition) is 4. The lowest BCUT2D eigenvalue weighted by atomic mass is 9.70. The van der Waals surface area contributed by atoms with Crippen molar-refractivity contribution in [2.24, 2.45) is 0 Å². The Bertz CT molecular complexity index is 878. The van der Waals surface area contributed by atoms with E-state index in [1.165, 1.54) is 17.0 Å². The molecule has 0 N–H and O–H groups in total. The van der Waals surface area contributed by atoms with Gasteiger partial charge in [0.05, 0.1) is 5.41 Å². The van der Waals surface area contributed by atoms with Crippen LogP contribution in [0.3, 0.4) is 0 Å². The van der Waals surface area contributed by atoms with Gasteiger partial charge in [0, 0.05) is 44.4 Å². The lowest BCUT2D eigenvalue weighted by Gasteiger charge is -2.41. The first-order chi connectivity index (χ1) is 12.4. The summed E-state index contributed by atoms with van der Waals surface area (Å²) in [6.45, 7) is 2.91. The smallest absolute Gasteiger partial charge is 0.225 e. The van der Waals surface area contributed by atoms with Crippen molar-refractivity contribution in [2.75, 3.05) is 18.0 Å². The first kappa shape index (κ1) is 14.6. The minimum absolute atomic E-state index is 0.00186. The van der Waals surface area contributed by atoms with E-state index in [1.54, 1.807) is 0 Å². The van der Waals surface area contributed by atoms with Crippen molar-refractivity contribution in [3.63, 3.8) is 0 Å². The van der Waals surface area contributed by atoms with Gasteiger partial charge in [-0.3, -0.25) is 0 Å². The van der Waals surface area contributed by atoms with Gasteiger partial charge in [0.15, 0.2) is 0 Å². The molecule has 0 aliphatic carbocycles. The molecule has 25 heavy (non-hydrogen) atoms. The van der Waals surface area contributed by atoms with Crippen LogP contribution in [0.15, 0.2) is 55.1 Å². The molecule has 0 radical (unpaired) electrons. The fourth-order valence-electron chi connectivity index (χ4n) is 4.51. The van der Waals surface area contributed by atoms with Crippen LogP contribution in [0.4, 0.5) is 5.95 Å². The Hall–Kier alpha value is -2.69. The number of piperidine rings is 1. The van der Waals surface area contributed by atoms with E-state index >= 15 is 0 Å². The fourth-order valence-corrected chi connectivity index (χ4v) is 4.51. The number of aryl methyl sites for hydroxylation is 2. The normalized spacial score (nSPS) is 18.5. The second-order valence-electron chi connectivity index (χ2n) is 6.97. The van der Waals surface area contributed by atoms with Crippen LogP contribution in [-0.2, 0) is 18.4 Å². The molecule has 0 bridgehead atoms. The lowest BCUT2D eigenvalue weighted by molar-refractivity contribution is 0.363. The Morgan fingerprint density at radius 3 is 2.48 bits per heavy atom. The number of imidazole rings is 1. The van der Waals surface area contributed by atoms with E-state index in [1.807, 2.05) is 24.7 Å². The van der Waals surface area contributed by atoms with Gasteiger partial charge < -0.3 is 9.47 Å². The van der Waals surface area contributed by atoms with Gasteiger partial charge in [-0.05, 0) is 36.5 Å². The summed E-state index contributed by atoms with van der Waals surface area (Å²) in [5.74, 6) is 2.06. The monoisotopic (exact) mass is 331 g/mol. The summed E-state index contributed by atoms with van der Waals surface area (Å²) < 4.78 is 2.36. The summed E-state index contributed by atoms with van der Waals surface area (Å²) in [4.78, 5) is 16.0. The van der Waals surface area contributed by atoms with Gasteiger partial charge in [0.2, 0.25) is 5.95 Å². The van der Waals surface area contributed by atoms with Crippen molar-refractivity contribution in [1.29, 1.82) is 0 Å². The highest BCUT2D eigenvalue weighted by Gasteiger charge is 2.43. The maximum absolute atomic E-state index is 4.80. The molecule has 0 amide bonds. The summed E-state index contributed by atoms with van der Waals surface area (Å²) >= 11 is 0. The van der Waals surface area contributed by atoms with E-state index in [9.17, 15) is 0 Å². The van der Waals surface area contributed by atoms with E-state index in [0.29, 0.717) is 0 Å². The van der Waals surface area contributed by atoms with E-state index < -0.39 is 0 Å². The van der Waals surface area contributed by atoms with Crippen LogP contribution in [-0.4, -0.2) is 32.6 Å². The molecule has 4 heterocycles. The summed E-state index contributed by atoms with van der Waals surface area (Å²) in [7, 11) is 0. The molecule has 5 rings (SSSR count). The van der Waals surface area contributed by atoms with Crippen LogP contribution in [0.2, 0.25) is 0 Å². The topological polar surface area (TPSA) is 46.8 Å². The van der Waals surface area contributed by atoms with Crippen LogP contribution in [0, 0.1) is 0 Å². The van der Waals surface area contributed by atoms with E-state index in [2.05, 4.69) is 49.9 Å². The largest absolute Gasteiger partial charge is 0.341 e. The molecule has 1 fully saturated rings. The van der Waals surface area contributed by atoms with Crippen molar-refractivity contribution >= 4 is 5.95 Å². The zero-order chi connectivity index (χ0) is 16.7. The van der Waals surface area contributed by atoms with Crippen molar-refractivity contribution in [3.8, 4) is 0 Å². The van der Waals surface area contributed by atoms with Gasteiger partial charge in [-0.2, -0.15) is 0 Å². The summed E-state index contributed by atoms with van der Waals surface area (Å²) in [5, 5.41) is 0. The lowest BCUT2D eigenvalue weighted by Crippen LogP contribution is -2.45. The minimum Gasteiger partial charge on any atom is -0.341 e. The Morgan fingerprint density at radius 1 is 0.840 bits per heavy atom. The van der Waals surface area contributed by atoms with Crippen molar-refractivity contribution in [1.82, 2.24) is 19.5 Å². The molecule has 0 saturated carbocycles. The number of fused-ring (bicyclic) bond motifs is 4. The summed E-state index contributed by atoms with van der Waals surface area (Å²) in [6, 6.07) is 10.8. The molecule has 5 nitrogen and oxygen atoms in total. The van der Waals surface area contributed by atoms with Crippen LogP contribution >= 0.6 is 0 Å². The molecular weight excluding hydrogens is 310 g/mol. The second-order valence-corrected chi connectivity index (χ2v) is 6.97. The number of benzene rings is 1. The van der Waals surface area contributed by atoms with Crippen LogP contribution < -0.4 is 4.90 Å². The number of rotatable bonds is 1. The second kappa shape index (κ2) is 5.69. The third-order valence-corrected chi connectivity index (χ3v) is 5.75. The van der Waals surface area contributed by atoms with Gasteiger partial charge in [-0.25, -0.2) is 15.0 Å². The van der Waals surface area contributed by atoms with Crippen molar-refractivity contribution in [2.45, 2.75) is 31.2 Å². The average molecular weight is 331 g/mol. The number of nitrogens with zero attached hydrogens (tertiary/aromatic N) is 5. The molecule has 0 atom stereocenters. The molecule has 1 spiro atoms. The van der Waals surface area contributed by atoms with Gasteiger partial charge in [0.25, 0.3) is 0 Å². The summed E-state index contributed by atoms with van der Waals surface area (Å²) in [5.41, 5.74) is 2.94. The Morgan fingerprint density at radius 2 is 1.64 bits per heavy atom. The molecule has 3 aromatic rings. The molecule has 1 aromatic carbocycles.